The Kier molecular flexibility index (Phi) is 3.95. The number of fused-ring (bicyclic) bond motifs is 1. The smallest absolute Gasteiger partial charge is 0.262 e. The molecule has 6 heteroatoms. The van der Waals surface area contributed by atoms with Crippen LogP contribution in [0.5, 0.6) is 5.75 Å². The zero-order valence-electron chi connectivity index (χ0n) is 14.7. The minimum absolute atomic E-state index is 0.152. The number of carbonyl (C=O) groups is 1. The number of rotatable bonds is 4. The normalized spacial score (nSPS) is 16.0. The van der Waals surface area contributed by atoms with Crippen LogP contribution in [0.25, 0.3) is 5.69 Å². The predicted molar refractivity (Wildman–Crippen MR) is 97.1 cm³/mol. The number of carbonyl (C=O) groups excluding carboxylic acids is 1. The summed E-state index contributed by atoms with van der Waals surface area (Å²) in [6.07, 6.45) is 1.89. The summed E-state index contributed by atoms with van der Waals surface area (Å²) >= 11 is 0. The van der Waals surface area contributed by atoms with Crippen LogP contribution in [-0.4, -0.2) is 27.0 Å². The van der Waals surface area contributed by atoms with Crippen molar-refractivity contribution in [2.45, 2.75) is 31.9 Å². The largest absolute Gasteiger partial charge is 0.480 e. The predicted octanol–water partition coefficient (Wildman–Crippen LogP) is 2.62. The number of nitrogens with one attached hydrogen (secondary N) is 1. The zero-order chi connectivity index (χ0) is 18.1. The van der Waals surface area contributed by atoms with Gasteiger partial charge in [0.05, 0.1) is 17.4 Å². The fraction of sp³-hybridized carbons (Fsp3) is 0.250. The molecule has 132 valence electrons. The molecular formula is C20H20N4O2. The van der Waals surface area contributed by atoms with Crippen LogP contribution in [0, 0.1) is 0 Å². The molecule has 0 fully saturated rings. The van der Waals surface area contributed by atoms with Gasteiger partial charge in [-0.25, -0.2) is 4.68 Å². The summed E-state index contributed by atoms with van der Waals surface area (Å²) < 4.78 is 7.47. The van der Waals surface area contributed by atoms with Gasteiger partial charge in [0.2, 0.25) is 0 Å². The fourth-order valence-corrected chi connectivity index (χ4v) is 3.04. The van der Waals surface area contributed by atoms with E-state index in [0.29, 0.717) is 12.1 Å². The molecule has 0 spiro atoms. The highest BCUT2D eigenvalue weighted by atomic mass is 16.5. The van der Waals surface area contributed by atoms with E-state index in [2.05, 4.69) is 15.6 Å². The van der Waals surface area contributed by atoms with Crippen molar-refractivity contribution in [3.8, 4) is 11.4 Å². The number of ether oxygens (including phenoxy) is 1. The fourth-order valence-electron chi connectivity index (χ4n) is 3.04. The molecule has 0 radical (unpaired) electrons. The SMILES string of the molecule is CC(C)(NC(=O)C1Cc2ccccc2O1)c1cn(-c2ccccc2)nn1. The van der Waals surface area contributed by atoms with E-state index in [9.17, 15) is 4.79 Å². The molecule has 0 bridgehead atoms. The van der Waals surface area contributed by atoms with Gasteiger partial charge in [0, 0.05) is 6.42 Å². The first-order chi connectivity index (χ1) is 12.5. The Bertz CT molecular complexity index is 909. The summed E-state index contributed by atoms with van der Waals surface area (Å²) in [5.41, 5.74) is 2.00. The Morgan fingerprint density at radius 2 is 1.88 bits per heavy atom. The Balaban J connectivity index is 1.48. The van der Waals surface area contributed by atoms with Crippen LogP contribution < -0.4 is 10.1 Å². The molecule has 6 nitrogen and oxygen atoms in total. The molecule has 1 aliphatic heterocycles. The minimum Gasteiger partial charge on any atom is -0.480 e. The summed E-state index contributed by atoms with van der Waals surface area (Å²) in [5, 5.41) is 11.4. The number of nitrogens with zero attached hydrogens (tertiary/aromatic N) is 3. The van der Waals surface area contributed by atoms with Crippen LogP contribution >= 0.6 is 0 Å². The summed E-state index contributed by atoms with van der Waals surface area (Å²) in [6, 6.07) is 17.5. The van der Waals surface area contributed by atoms with Crippen molar-refractivity contribution >= 4 is 5.91 Å². The Labute approximate surface area is 151 Å². The Morgan fingerprint density at radius 1 is 1.15 bits per heavy atom. The number of hydrogen-bond acceptors (Lipinski definition) is 4. The second kappa shape index (κ2) is 6.29. The maximum absolute atomic E-state index is 12.7. The second-order valence-electron chi connectivity index (χ2n) is 6.92. The highest BCUT2D eigenvalue weighted by molar-refractivity contribution is 5.83. The maximum Gasteiger partial charge on any atom is 0.262 e. The van der Waals surface area contributed by atoms with Crippen LogP contribution in [0.1, 0.15) is 25.1 Å². The van der Waals surface area contributed by atoms with Crippen molar-refractivity contribution in [3.63, 3.8) is 0 Å². The van der Waals surface area contributed by atoms with E-state index in [1.807, 2.05) is 74.6 Å². The topological polar surface area (TPSA) is 69.0 Å². The van der Waals surface area contributed by atoms with Gasteiger partial charge in [-0.05, 0) is 37.6 Å². The third-order valence-corrected chi connectivity index (χ3v) is 4.53. The van der Waals surface area contributed by atoms with E-state index < -0.39 is 11.6 Å². The van der Waals surface area contributed by atoms with Gasteiger partial charge >= 0.3 is 0 Å². The molecule has 1 amide bonds. The molecule has 2 aromatic carbocycles. The summed E-state index contributed by atoms with van der Waals surface area (Å²) in [7, 11) is 0. The molecule has 1 N–H and O–H groups in total. The molecule has 1 atom stereocenters. The molecule has 1 aliphatic rings. The quantitative estimate of drug-likeness (QED) is 0.787. The molecule has 1 aromatic heterocycles. The first kappa shape index (κ1) is 16.3. The van der Waals surface area contributed by atoms with Gasteiger partial charge in [0.1, 0.15) is 11.4 Å². The average molecular weight is 348 g/mol. The Hall–Kier alpha value is -3.15. The Morgan fingerprint density at radius 3 is 2.65 bits per heavy atom. The van der Waals surface area contributed by atoms with Crippen molar-refractivity contribution in [3.05, 3.63) is 72.1 Å². The molecular weight excluding hydrogens is 328 g/mol. The zero-order valence-corrected chi connectivity index (χ0v) is 14.7. The number of para-hydroxylation sites is 2. The van der Waals surface area contributed by atoms with Crippen molar-refractivity contribution in [2.75, 3.05) is 0 Å². The molecule has 0 saturated carbocycles. The monoisotopic (exact) mass is 348 g/mol. The lowest BCUT2D eigenvalue weighted by atomic mass is 10.0. The standard InChI is InChI=1S/C20H20N4O2/c1-20(2,18-13-24(23-22-18)15-9-4-3-5-10-15)21-19(25)17-12-14-8-6-7-11-16(14)26-17/h3-11,13,17H,12H2,1-2H3,(H,21,25). The number of amides is 1. The van der Waals surface area contributed by atoms with Crippen LogP contribution in [0.4, 0.5) is 0 Å². The average Bonchev–Trinajstić information content (AvgIpc) is 3.30. The molecule has 4 rings (SSSR count). The highest BCUT2D eigenvalue weighted by Gasteiger charge is 2.34. The van der Waals surface area contributed by atoms with E-state index >= 15 is 0 Å². The molecule has 26 heavy (non-hydrogen) atoms. The summed E-state index contributed by atoms with van der Waals surface area (Å²) in [5.74, 6) is 0.626. The van der Waals surface area contributed by atoms with E-state index in [-0.39, 0.29) is 5.91 Å². The third kappa shape index (κ3) is 3.06. The number of aromatic nitrogens is 3. The highest BCUT2D eigenvalue weighted by Crippen LogP contribution is 2.29. The van der Waals surface area contributed by atoms with Gasteiger partial charge in [0.25, 0.3) is 5.91 Å². The van der Waals surface area contributed by atoms with Crippen LogP contribution in [0.3, 0.4) is 0 Å². The lowest BCUT2D eigenvalue weighted by molar-refractivity contribution is -0.129. The molecule has 0 aliphatic carbocycles. The van der Waals surface area contributed by atoms with E-state index in [0.717, 1.165) is 17.0 Å². The second-order valence-corrected chi connectivity index (χ2v) is 6.92. The van der Waals surface area contributed by atoms with E-state index in [1.165, 1.54) is 0 Å². The molecule has 3 aromatic rings. The van der Waals surface area contributed by atoms with Gasteiger partial charge in [-0.3, -0.25) is 4.79 Å². The van der Waals surface area contributed by atoms with Gasteiger partial charge in [-0.2, -0.15) is 0 Å². The summed E-state index contributed by atoms with van der Waals surface area (Å²) in [6.45, 7) is 3.82. The van der Waals surface area contributed by atoms with Gasteiger partial charge < -0.3 is 10.1 Å². The van der Waals surface area contributed by atoms with Crippen LogP contribution in [0.2, 0.25) is 0 Å². The van der Waals surface area contributed by atoms with Crippen LogP contribution in [-0.2, 0) is 16.8 Å². The maximum atomic E-state index is 12.7. The summed E-state index contributed by atoms with van der Waals surface area (Å²) in [4.78, 5) is 12.7. The van der Waals surface area contributed by atoms with Crippen molar-refractivity contribution < 1.29 is 9.53 Å². The number of benzene rings is 2. The van der Waals surface area contributed by atoms with Gasteiger partial charge in [0.15, 0.2) is 6.10 Å². The molecule has 1 unspecified atom stereocenters. The van der Waals surface area contributed by atoms with E-state index in [1.54, 1.807) is 4.68 Å². The lowest BCUT2D eigenvalue weighted by Gasteiger charge is -2.25. The van der Waals surface area contributed by atoms with Gasteiger partial charge in [-0.15, -0.1) is 5.10 Å². The third-order valence-electron chi connectivity index (χ3n) is 4.53. The number of hydrogen-bond donors (Lipinski definition) is 1. The first-order valence-electron chi connectivity index (χ1n) is 8.58. The van der Waals surface area contributed by atoms with Gasteiger partial charge in [-0.1, -0.05) is 41.6 Å². The van der Waals surface area contributed by atoms with E-state index in [4.69, 9.17) is 4.74 Å². The lowest BCUT2D eigenvalue weighted by Crippen LogP contribution is -2.47. The molecule has 2 heterocycles. The van der Waals surface area contributed by atoms with Crippen molar-refractivity contribution in [1.82, 2.24) is 20.3 Å². The van der Waals surface area contributed by atoms with Crippen LogP contribution in [0.15, 0.2) is 60.8 Å². The first-order valence-corrected chi connectivity index (χ1v) is 8.58. The minimum atomic E-state index is -0.664. The van der Waals surface area contributed by atoms with Crippen molar-refractivity contribution in [1.29, 1.82) is 0 Å². The molecule has 0 saturated heterocycles. The van der Waals surface area contributed by atoms with Crippen molar-refractivity contribution in [2.24, 2.45) is 0 Å².